The number of esters is 1. The summed E-state index contributed by atoms with van der Waals surface area (Å²) in [4.78, 5) is 18.2. The molecule has 1 saturated heterocycles. The Kier molecular flexibility index (Phi) is 11.1. The predicted molar refractivity (Wildman–Crippen MR) is 124 cm³/mol. The third-order valence-corrected chi connectivity index (χ3v) is 4.83. The van der Waals surface area contributed by atoms with Crippen molar-refractivity contribution in [3.05, 3.63) is 23.8 Å². The minimum Gasteiger partial charge on any atom is -0.497 e. The van der Waals surface area contributed by atoms with E-state index < -0.39 is 0 Å². The van der Waals surface area contributed by atoms with Crippen molar-refractivity contribution in [2.45, 2.75) is 25.9 Å². The van der Waals surface area contributed by atoms with Crippen molar-refractivity contribution in [1.82, 2.24) is 15.5 Å². The van der Waals surface area contributed by atoms with Gasteiger partial charge in [-0.3, -0.25) is 14.7 Å². The summed E-state index contributed by atoms with van der Waals surface area (Å²) >= 11 is 0. The maximum Gasteiger partial charge on any atom is 0.310 e. The summed E-state index contributed by atoms with van der Waals surface area (Å²) in [7, 11) is 6.45. The van der Waals surface area contributed by atoms with Gasteiger partial charge >= 0.3 is 5.97 Å². The number of halogens is 1. The van der Waals surface area contributed by atoms with Gasteiger partial charge in [-0.2, -0.15) is 0 Å². The molecule has 0 bridgehead atoms. The lowest BCUT2D eigenvalue weighted by Crippen LogP contribution is -2.46. The molecule has 1 aromatic carbocycles. The standard InChI is InChI=1S/C20H32N4O4.HI/c1-14(19(25)28-5)11-22-20(21-2)23-16-6-7-24(13-16)12-15-8-17(26-3)10-18(9-15)27-4;/h8-10,14,16H,6-7,11-13H2,1-5H3,(H2,21,22,23);1H. The van der Waals surface area contributed by atoms with Crippen LogP contribution >= 0.6 is 24.0 Å². The minimum absolute atomic E-state index is 0. The fourth-order valence-electron chi connectivity index (χ4n) is 3.23. The number of guanidine groups is 1. The van der Waals surface area contributed by atoms with Crippen LogP contribution in [0, 0.1) is 5.92 Å². The zero-order valence-corrected chi connectivity index (χ0v) is 20.2. The molecule has 1 aliphatic rings. The number of aliphatic imine (C=N–C) groups is 1. The number of nitrogens with one attached hydrogen (secondary N) is 2. The van der Waals surface area contributed by atoms with Crippen LogP contribution in [0.5, 0.6) is 11.5 Å². The number of methoxy groups -OCH3 is 3. The molecule has 1 aliphatic heterocycles. The van der Waals surface area contributed by atoms with Gasteiger partial charge in [-0.25, -0.2) is 0 Å². The normalized spacial score (nSPS) is 17.8. The number of nitrogens with zero attached hydrogens (tertiary/aromatic N) is 2. The van der Waals surface area contributed by atoms with Crippen LogP contribution in [-0.4, -0.2) is 70.9 Å². The molecule has 0 radical (unpaired) electrons. The second-order valence-corrected chi connectivity index (χ2v) is 6.96. The summed E-state index contributed by atoms with van der Waals surface area (Å²) in [6, 6.07) is 6.26. The summed E-state index contributed by atoms with van der Waals surface area (Å²) in [5, 5.41) is 6.63. The van der Waals surface area contributed by atoms with Gasteiger partial charge in [0.1, 0.15) is 11.5 Å². The maximum absolute atomic E-state index is 11.5. The van der Waals surface area contributed by atoms with E-state index in [-0.39, 0.29) is 35.9 Å². The monoisotopic (exact) mass is 520 g/mol. The topological polar surface area (TPSA) is 84.4 Å². The molecule has 9 heteroatoms. The first-order chi connectivity index (χ1) is 13.5. The molecule has 0 spiro atoms. The molecular weight excluding hydrogens is 487 g/mol. The van der Waals surface area contributed by atoms with E-state index in [1.807, 2.05) is 25.1 Å². The molecule has 2 N–H and O–H groups in total. The van der Waals surface area contributed by atoms with Crippen LogP contribution in [0.3, 0.4) is 0 Å². The van der Waals surface area contributed by atoms with Crippen molar-refractivity contribution >= 4 is 35.9 Å². The molecule has 0 amide bonds. The van der Waals surface area contributed by atoms with Crippen molar-refractivity contribution in [1.29, 1.82) is 0 Å². The van der Waals surface area contributed by atoms with Crippen LogP contribution in [0.15, 0.2) is 23.2 Å². The van der Waals surface area contributed by atoms with Crippen molar-refractivity contribution in [2.24, 2.45) is 10.9 Å². The summed E-state index contributed by atoms with van der Waals surface area (Å²) in [6.45, 7) is 5.04. The van der Waals surface area contributed by atoms with E-state index in [9.17, 15) is 4.79 Å². The molecular formula is C20H33IN4O4. The largest absolute Gasteiger partial charge is 0.497 e. The highest BCUT2D eigenvalue weighted by atomic mass is 127. The molecule has 0 aliphatic carbocycles. The van der Waals surface area contributed by atoms with Crippen LogP contribution < -0.4 is 20.1 Å². The first-order valence-corrected chi connectivity index (χ1v) is 9.48. The molecule has 0 aromatic heterocycles. The van der Waals surface area contributed by atoms with Crippen LogP contribution in [-0.2, 0) is 16.1 Å². The van der Waals surface area contributed by atoms with Gasteiger partial charge in [0.25, 0.3) is 0 Å². The predicted octanol–water partition coefficient (Wildman–Crippen LogP) is 1.87. The first-order valence-electron chi connectivity index (χ1n) is 9.48. The molecule has 2 unspecified atom stereocenters. The van der Waals surface area contributed by atoms with Gasteiger partial charge in [-0.1, -0.05) is 6.92 Å². The van der Waals surface area contributed by atoms with Gasteiger partial charge in [0.15, 0.2) is 5.96 Å². The number of hydrogen-bond acceptors (Lipinski definition) is 6. The Morgan fingerprint density at radius 1 is 1.24 bits per heavy atom. The van der Waals surface area contributed by atoms with Gasteiger partial charge in [0.2, 0.25) is 0 Å². The maximum atomic E-state index is 11.5. The average molecular weight is 520 g/mol. The molecule has 1 heterocycles. The molecule has 29 heavy (non-hydrogen) atoms. The minimum atomic E-state index is -0.233. The molecule has 164 valence electrons. The fourth-order valence-corrected chi connectivity index (χ4v) is 3.23. The second kappa shape index (κ2) is 12.7. The highest BCUT2D eigenvalue weighted by Crippen LogP contribution is 2.24. The van der Waals surface area contributed by atoms with Gasteiger partial charge in [-0.15, -0.1) is 24.0 Å². The van der Waals surface area contributed by atoms with Crippen molar-refractivity contribution in [3.63, 3.8) is 0 Å². The van der Waals surface area contributed by atoms with Gasteiger partial charge in [0, 0.05) is 45.3 Å². The van der Waals surface area contributed by atoms with E-state index in [0.29, 0.717) is 18.5 Å². The Balaban J connectivity index is 0.00000420. The van der Waals surface area contributed by atoms with Crippen molar-refractivity contribution in [3.8, 4) is 11.5 Å². The molecule has 8 nitrogen and oxygen atoms in total. The number of hydrogen-bond donors (Lipinski definition) is 2. The average Bonchev–Trinajstić information content (AvgIpc) is 3.16. The number of carbonyl (C=O) groups is 1. The lowest BCUT2D eigenvalue weighted by molar-refractivity contribution is -0.144. The summed E-state index contributed by atoms with van der Waals surface area (Å²) in [6.07, 6.45) is 1.02. The SMILES string of the molecule is CN=C(NCC(C)C(=O)OC)NC1CCN(Cc2cc(OC)cc(OC)c2)C1.I. The summed E-state index contributed by atoms with van der Waals surface area (Å²) in [5.74, 6) is 1.83. The third kappa shape index (κ3) is 7.88. The van der Waals surface area contributed by atoms with Crippen molar-refractivity contribution < 1.29 is 19.0 Å². The lowest BCUT2D eigenvalue weighted by atomic mass is 10.2. The Labute approximate surface area is 190 Å². The van der Waals surface area contributed by atoms with Crippen LogP contribution in [0.25, 0.3) is 0 Å². The van der Waals surface area contributed by atoms with E-state index in [4.69, 9.17) is 14.2 Å². The van der Waals surface area contributed by atoms with E-state index >= 15 is 0 Å². The smallest absolute Gasteiger partial charge is 0.310 e. The number of ether oxygens (including phenoxy) is 3. The van der Waals surface area contributed by atoms with Gasteiger partial charge in [0.05, 0.1) is 27.2 Å². The van der Waals surface area contributed by atoms with Gasteiger partial charge in [-0.05, 0) is 24.1 Å². The van der Waals surface area contributed by atoms with Crippen LogP contribution in [0.1, 0.15) is 18.9 Å². The third-order valence-electron chi connectivity index (χ3n) is 4.83. The van der Waals surface area contributed by atoms with E-state index in [1.54, 1.807) is 21.3 Å². The fraction of sp³-hybridized carbons (Fsp3) is 0.600. The Morgan fingerprint density at radius 2 is 1.90 bits per heavy atom. The highest BCUT2D eigenvalue weighted by molar-refractivity contribution is 14.0. The van der Waals surface area contributed by atoms with E-state index in [0.717, 1.165) is 43.1 Å². The zero-order valence-electron chi connectivity index (χ0n) is 17.9. The van der Waals surface area contributed by atoms with E-state index in [1.165, 1.54) is 7.11 Å². The Bertz CT molecular complexity index is 664. The molecule has 1 fully saturated rings. The van der Waals surface area contributed by atoms with E-state index in [2.05, 4.69) is 20.5 Å². The van der Waals surface area contributed by atoms with Crippen molar-refractivity contribution in [2.75, 3.05) is 48.0 Å². The first kappa shape index (κ1) is 25.3. The van der Waals surface area contributed by atoms with Gasteiger partial charge < -0.3 is 24.8 Å². The Hall–Kier alpha value is -1.75. The lowest BCUT2D eigenvalue weighted by Gasteiger charge is -2.20. The quantitative estimate of drug-likeness (QED) is 0.234. The number of rotatable bonds is 8. The summed E-state index contributed by atoms with van der Waals surface area (Å²) in [5.41, 5.74) is 1.16. The highest BCUT2D eigenvalue weighted by Gasteiger charge is 2.24. The Morgan fingerprint density at radius 3 is 2.45 bits per heavy atom. The number of carbonyl (C=O) groups excluding carboxylic acids is 1. The molecule has 0 saturated carbocycles. The number of likely N-dealkylation sites (tertiary alicyclic amines) is 1. The second-order valence-electron chi connectivity index (χ2n) is 6.96. The zero-order chi connectivity index (χ0) is 20.5. The molecule has 2 atom stereocenters. The van der Waals surface area contributed by atoms with Crippen LogP contribution in [0.4, 0.5) is 0 Å². The van der Waals surface area contributed by atoms with Crippen LogP contribution in [0.2, 0.25) is 0 Å². The summed E-state index contributed by atoms with van der Waals surface area (Å²) < 4.78 is 15.5. The number of benzene rings is 1. The molecule has 1 aromatic rings. The molecule has 2 rings (SSSR count).